The maximum atomic E-state index is 12.4. The van der Waals surface area contributed by atoms with E-state index in [0.717, 1.165) is 29.8 Å². The zero-order chi connectivity index (χ0) is 18.1. The first-order valence-electron chi connectivity index (χ1n) is 8.96. The average molecular weight is 350 g/mol. The van der Waals surface area contributed by atoms with E-state index >= 15 is 0 Å². The fourth-order valence-electron chi connectivity index (χ4n) is 3.08. The molecule has 0 atom stereocenters. The minimum Gasteiger partial charge on any atom is -0.419 e. The number of carbonyl (C=O) groups excluding carboxylic acids is 1. The molecule has 0 spiro atoms. The maximum absolute atomic E-state index is 12.4. The molecule has 0 aliphatic heterocycles. The van der Waals surface area contributed by atoms with Crippen molar-refractivity contribution in [2.45, 2.75) is 45.6 Å². The van der Waals surface area contributed by atoms with Gasteiger partial charge in [-0.1, -0.05) is 12.5 Å². The SMILES string of the molecule is Cc1ccc(NC(=O)Cn2cccc2-c2nnc(C3CCC3)o2)cc1C. The lowest BCUT2D eigenvalue weighted by molar-refractivity contribution is -0.116. The first kappa shape index (κ1) is 16.6. The zero-order valence-corrected chi connectivity index (χ0v) is 15.0. The van der Waals surface area contributed by atoms with Gasteiger partial charge in [0.1, 0.15) is 12.2 Å². The first-order chi connectivity index (χ1) is 12.6. The Hall–Kier alpha value is -2.89. The summed E-state index contributed by atoms with van der Waals surface area (Å²) in [6.45, 7) is 4.27. The molecule has 1 aliphatic rings. The Morgan fingerprint density at radius 2 is 2.08 bits per heavy atom. The predicted molar refractivity (Wildman–Crippen MR) is 98.9 cm³/mol. The number of carbonyl (C=O) groups is 1. The van der Waals surface area contributed by atoms with Crippen molar-refractivity contribution in [1.82, 2.24) is 14.8 Å². The number of anilines is 1. The topological polar surface area (TPSA) is 73.0 Å². The van der Waals surface area contributed by atoms with Crippen LogP contribution >= 0.6 is 0 Å². The number of amides is 1. The molecule has 1 saturated carbocycles. The molecule has 0 bridgehead atoms. The lowest BCUT2D eigenvalue weighted by atomic mass is 9.85. The summed E-state index contributed by atoms with van der Waals surface area (Å²) in [5, 5.41) is 11.3. The van der Waals surface area contributed by atoms with Crippen LogP contribution in [0, 0.1) is 13.8 Å². The maximum Gasteiger partial charge on any atom is 0.264 e. The van der Waals surface area contributed by atoms with Crippen molar-refractivity contribution < 1.29 is 9.21 Å². The number of hydrogen-bond donors (Lipinski definition) is 1. The third-order valence-corrected chi connectivity index (χ3v) is 5.05. The number of benzene rings is 1. The molecule has 6 heteroatoms. The van der Waals surface area contributed by atoms with Gasteiger partial charge in [-0.2, -0.15) is 0 Å². The summed E-state index contributed by atoms with van der Waals surface area (Å²) in [5.41, 5.74) is 3.92. The lowest BCUT2D eigenvalue weighted by Gasteiger charge is -2.20. The predicted octanol–water partition coefficient (Wildman–Crippen LogP) is 4.06. The summed E-state index contributed by atoms with van der Waals surface area (Å²) >= 11 is 0. The van der Waals surface area contributed by atoms with Crippen LogP contribution in [0.3, 0.4) is 0 Å². The average Bonchev–Trinajstić information content (AvgIpc) is 3.18. The van der Waals surface area contributed by atoms with Crippen LogP contribution < -0.4 is 5.32 Å². The zero-order valence-electron chi connectivity index (χ0n) is 15.0. The molecule has 1 amide bonds. The number of rotatable bonds is 5. The third kappa shape index (κ3) is 3.27. The summed E-state index contributed by atoms with van der Waals surface area (Å²) in [4.78, 5) is 12.4. The highest BCUT2D eigenvalue weighted by Gasteiger charge is 2.26. The van der Waals surface area contributed by atoms with Crippen molar-refractivity contribution in [3.05, 3.63) is 53.5 Å². The fourth-order valence-corrected chi connectivity index (χ4v) is 3.08. The first-order valence-corrected chi connectivity index (χ1v) is 8.96. The molecular weight excluding hydrogens is 328 g/mol. The normalized spacial score (nSPS) is 14.2. The molecular formula is C20H22N4O2. The van der Waals surface area contributed by atoms with Gasteiger partial charge in [-0.05, 0) is 62.1 Å². The van der Waals surface area contributed by atoms with E-state index in [1.54, 1.807) is 0 Å². The minimum absolute atomic E-state index is 0.0931. The number of nitrogens with one attached hydrogen (secondary N) is 1. The Bertz CT molecular complexity index is 937. The molecule has 0 radical (unpaired) electrons. The number of hydrogen-bond acceptors (Lipinski definition) is 4. The van der Waals surface area contributed by atoms with Gasteiger partial charge >= 0.3 is 0 Å². The van der Waals surface area contributed by atoms with Crippen molar-refractivity contribution in [3.63, 3.8) is 0 Å². The van der Waals surface area contributed by atoms with Gasteiger partial charge in [0.15, 0.2) is 0 Å². The highest BCUT2D eigenvalue weighted by molar-refractivity contribution is 5.91. The number of aryl methyl sites for hydroxylation is 2. The standard InChI is InChI=1S/C20H22N4O2/c1-13-8-9-16(11-14(13)2)21-18(25)12-24-10-4-7-17(24)20-23-22-19(26-20)15-5-3-6-15/h4,7-11,15H,3,5-6,12H2,1-2H3,(H,21,25). The van der Waals surface area contributed by atoms with Crippen LogP contribution in [0.15, 0.2) is 40.9 Å². The molecule has 0 saturated heterocycles. The van der Waals surface area contributed by atoms with Gasteiger partial charge in [-0.25, -0.2) is 0 Å². The van der Waals surface area contributed by atoms with E-state index in [1.165, 1.54) is 12.0 Å². The van der Waals surface area contributed by atoms with Crippen molar-refractivity contribution in [3.8, 4) is 11.6 Å². The molecule has 2 heterocycles. The van der Waals surface area contributed by atoms with Crippen molar-refractivity contribution in [1.29, 1.82) is 0 Å². The van der Waals surface area contributed by atoms with Crippen LogP contribution in [0.25, 0.3) is 11.6 Å². The second-order valence-electron chi connectivity index (χ2n) is 6.94. The minimum atomic E-state index is -0.0931. The second-order valence-corrected chi connectivity index (χ2v) is 6.94. The van der Waals surface area contributed by atoms with Crippen molar-refractivity contribution in [2.24, 2.45) is 0 Å². The summed E-state index contributed by atoms with van der Waals surface area (Å²) in [6, 6.07) is 9.67. The van der Waals surface area contributed by atoms with Crippen LogP contribution in [-0.2, 0) is 11.3 Å². The fraction of sp³-hybridized carbons (Fsp3) is 0.350. The molecule has 26 heavy (non-hydrogen) atoms. The van der Waals surface area contributed by atoms with Gasteiger partial charge in [-0.15, -0.1) is 10.2 Å². The van der Waals surface area contributed by atoms with Crippen molar-refractivity contribution in [2.75, 3.05) is 5.32 Å². The van der Waals surface area contributed by atoms with E-state index in [9.17, 15) is 4.79 Å². The summed E-state index contributed by atoms with van der Waals surface area (Å²) in [6.07, 6.45) is 5.29. The van der Waals surface area contributed by atoms with E-state index in [0.29, 0.717) is 17.7 Å². The quantitative estimate of drug-likeness (QED) is 0.753. The Morgan fingerprint density at radius 3 is 2.81 bits per heavy atom. The molecule has 3 aromatic rings. The highest BCUT2D eigenvalue weighted by Crippen LogP contribution is 2.36. The van der Waals surface area contributed by atoms with E-state index < -0.39 is 0 Å². The Kier molecular flexibility index (Phi) is 4.32. The van der Waals surface area contributed by atoms with Gasteiger partial charge < -0.3 is 14.3 Å². The molecule has 6 nitrogen and oxygen atoms in total. The summed E-state index contributed by atoms with van der Waals surface area (Å²) < 4.78 is 7.65. The molecule has 134 valence electrons. The molecule has 4 rings (SSSR count). The van der Waals surface area contributed by atoms with Crippen LogP contribution in [-0.4, -0.2) is 20.7 Å². The van der Waals surface area contributed by atoms with Gasteiger partial charge in [0.2, 0.25) is 11.8 Å². The third-order valence-electron chi connectivity index (χ3n) is 5.05. The van der Waals surface area contributed by atoms with E-state index in [1.807, 2.05) is 48.0 Å². The largest absolute Gasteiger partial charge is 0.419 e. The van der Waals surface area contributed by atoms with Gasteiger partial charge in [-0.3, -0.25) is 4.79 Å². The van der Waals surface area contributed by atoms with Crippen LogP contribution in [0.2, 0.25) is 0 Å². The smallest absolute Gasteiger partial charge is 0.264 e. The Labute approximate surface area is 152 Å². The molecule has 1 aliphatic carbocycles. The highest BCUT2D eigenvalue weighted by atomic mass is 16.4. The monoisotopic (exact) mass is 350 g/mol. The van der Waals surface area contributed by atoms with Gasteiger partial charge in [0.05, 0.1) is 0 Å². The number of aromatic nitrogens is 3. The van der Waals surface area contributed by atoms with Gasteiger partial charge in [0, 0.05) is 17.8 Å². The summed E-state index contributed by atoms with van der Waals surface area (Å²) in [5.74, 6) is 1.48. The van der Waals surface area contributed by atoms with Gasteiger partial charge in [0.25, 0.3) is 5.89 Å². The van der Waals surface area contributed by atoms with E-state index in [-0.39, 0.29) is 12.5 Å². The van der Waals surface area contributed by atoms with Crippen LogP contribution in [0.1, 0.15) is 42.2 Å². The Balaban J connectivity index is 1.47. The number of nitrogens with zero attached hydrogens (tertiary/aromatic N) is 3. The Morgan fingerprint density at radius 1 is 1.23 bits per heavy atom. The van der Waals surface area contributed by atoms with E-state index in [2.05, 4.69) is 22.4 Å². The molecule has 0 unspecified atom stereocenters. The van der Waals surface area contributed by atoms with Crippen LogP contribution in [0.5, 0.6) is 0 Å². The summed E-state index contributed by atoms with van der Waals surface area (Å²) in [7, 11) is 0. The molecule has 1 aromatic carbocycles. The molecule has 1 N–H and O–H groups in total. The van der Waals surface area contributed by atoms with E-state index in [4.69, 9.17) is 4.42 Å². The molecule has 2 aromatic heterocycles. The lowest BCUT2D eigenvalue weighted by Crippen LogP contribution is -2.18. The van der Waals surface area contributed by atoms with Crippen LogP contribution in [0.4, 0.5) is 5.69 Å². The van der Waals surface area contributed by atoms with Crippen molar-refractivity contribution >= 4 is 11.6 Å². The second kappa shape index (κ2) is 6.78. The molecule has 1 fully saturated rings.